The van der Waals surface area contributed by atoms with E-state index in [4.69, 9.17) is 14.2 Å². The van der Waals surface area contributed by atoms with E-state index in [0.29, 0.717) is 51.6 Å². The zero-order valence-electron chi connectivity index (χ0n) is 25.8. The van der Waals surface area contributed by atoms with Gasteiger partial charge in [-0.25, -0.2) is 4.68 Å². The molecule has 0 radical (unpaired) electrons. The third-order valence-corrected chi connectivity index (χ3v) is 9.02. The van der Waals surface area contributed by atoms with E-state index in [2.05, 4.69) is 29.1 Å². The molecule has 3 atom stereocenters. The number of alkyl halides is 3. The molecule has 6 rings (SSSR count). The number of hydrogen-bond donors (Lipinski definition) is 0. The van der Waals surface area contributed by atoms with E-state index in [0.717, 1.165) is 12.1 Å². The second-order valence-electron chi connectivity index (χ2n) is 12.3. The van der Waals surface area contributed by atoms with Crippen LogP contribution < -0.4 is 4.74 Å². The van der Waals surface area contributed by atoms with Gasteiger partial charge in [0, 0.05) is 51.7 Å². The van der Waals surface area contributed by atoms with Crippen LogP contribution in [0.5, 0.6) is 5.75 Å². The van der Waals surface area contributed by atoms with Crippen molar-refractivity contribution in [1.29, 1.82) is 0 Å². The van der Waals surface area contributed by atoms with Crippen molar-refractivity contribution in [1.82, 2.24) is 34.6 Å². The Kier molecular flexibility index (Phi) is 9.21. The summed E-state index contributed by atoms with van der Waals surface area (Å²) in [6.45, 7) is 7.80. The quantitative estimate of drug-likeness (QED) is 0.456. The van der Waals surface area contributed by atoms with Crippen molar-refractivity contribution in [2.24, 2.45) is 0 Å². The number of benzene rings is 1. The number of aromatic nitrogens is 3. The highest BCUT2D eigenvalue weighted by Gasteiger charge is 2.46. The van der Waals surface area contributed by atoms with Crippen LogP contribution in [0.4, 0.5) is 13.2 Å². The number of morpholine rings is 1. The van der Waals surface area contributed by atoms with Gasteiger partial charge in [-0.2, -0.15) is 13.2 Å². The van der Waals surface area contributed by atoms with E-state index in [1.54, 1.807) is 16.0 Å². The van der Waals surface area contributed by atoms with Gasteiger partial charge in [0.25, 0.3) is 5.91 Å². The Morgan fingerprint density at radius 3 is 2.61 bits per heavy atom. The second kappa shape index (κ2) is 13.2. The number of carbonyl (C=O) groups is 3. The molecule has 0 N–H and O–H groups in total. The summed E-state index contributed by atoms with van der Waals surface area (Å²) in [4.78, 5) is 47.5. The van der Waals surface area contributed by atoms with Crippen LogP contribution in [0.1, 0.15) is 41.9 Å². The lowest BCUT2D eigenvalue weighted by Crippen LogP contribution is -2.62. The molecule has 250 valence electrons. The summed E-state index contributed by atoms with van der Waals surface area (Å²) < 4.78 is 59.8. The Labute approximate surface area is 264 Å². The normalized spacial score (nSPS) is 24.5. The van der Waals surface area contributed by atoms with Crippen LogP contribution in [0, 0.1) is 0 Å². The van der Waals surface area contributed by atoms with Gasteiger partial charge in [-0.05, 0) is 32.0 Å². The Morgan fingerprint density at radius 2 is 1.87 bits per heavy atom. The molecule has 46 heavy (non-hydrogen) atoms. The highest BCUT2D eigenvalue weighted by atomic mass is 19.4. The first kappa shape index (κ1) is 32.2. The monoisotopic (exact) mass is 649 g/mol. The van der Waals surface area contributed by atoms with Crippen molar-refractivity contribution in [3.63, 3.8) is 0 Å². The smallest absolute Gasteiger partial charge is 0.416 e. The standard InChI is InChI=1S/C30H38F3N7O6/c1-19(2)37-5-6-39-22(14-37)18-46-26-4-3-20(30(31,32)33)11-24(26)28(42)40-15-23(12-25(40)29(39)43)45-17-21-13-38(35-34-21)16-27(41)36-7-9-44-10-8-36/h3-4,11,13,19,22-23,25H,5-10,12,14-18H2,1-2H3/t22-,23+,25-/m0/s1. The number of ether oxygens (including phenoxy) is 3. The zero-order valence-corrected chi connectivity index (χ0v) is 25.8. The minimum absolute atomic E-state index is 0.00690. The Bertz CT molecular complexity index is 1450. The van der Waals surface area contributed by atoms with Crippen LogP contribution in [0.3, 0.4) is 0 Å². The van der Waals surface area contributed by atoms with E-state index in [1.807, 2.05) is 0 Å². The summed E-state index contributed by atoms with van der Waals surface area (Å²) in [5.74, 6) is -1.06. The van der Waals surface area contributed by atoms with Gasteiger partial charge in [0.05, 0.1) is 49.3 Å². The molecule has 1 aromatic carbocycles. The average molecular weight is 650 g/mol. The number of fused-ring (bicyclic) bond motifs is 3. The predicted octanol–water partition coefficient (Wildman–Crippen LogP) is 1.27. The van der Waals surface area contributed by atoms with Crippen LogP contribution in [0.15, 0.2) is 24.4 Å². The summed E-state index contributed by atoms with van der Waals surface area (Å²) in [7, 11) is 0. The molecule has 0 bridgehead atoms. The first-order chi connectivity index (χ1) is 22.0. The largest absolute Gasteiger partial charge is 0.491 e. The van der Waals surface area contributed by atoms with Gasteiger partial charge < -0.3 is 28.9 Å². The van der Waals surface area contributed by atoms with Crippen molar-refractivity contribution >= 4 is 17.7 Å². The number of rotatable bonds is 6. The second-order valence-corrected chi connectivity index (χ2v) is 12.3. The summed E-state index contributed by atoms with van der Waals surface area (Å²) in [6, 6.07) is 1.82. The highest BCUT2D eigenvalue weighted by molar-refractivity contribution is 6.00. The number of hydrogen-bond acceptors (Lipinski definition) is 9. The highest BCUT2D eigenvalue weighted by Crippen LogP contribution is 2.36. The lowest BCUT2D eigenvalue weighted by Gasteiger charge is -2.44. The molecule has 2 aromatic rings. The van der Waals surface area contributed by atoms with Gasteiger partial charge in [0.2, 0.25) is 11.8 Å². The molecule has 0 unspecified atom stereocenters. The van der Waals surface area contributed by atoms with E-state index in [9.17, 15) is 27.6 Å². The topological polar surface area (TPSA) is 123 Å². The van der Waals surface area contributed by atoms with Gasteiger partial charge >= 0.3 is 6.18 Å². The van der Waals surface area contributed by atoms with Crippen LogP contribution in [0.25, 0.3) is 0 Å². The van der Waals surface area contributed by atoms with Crippen molar-refractivity contribution < 1.29 is 41.8 Å². The van der Waals surface area contributed by atoms with Crippen LogP contribution in [0.2, 0.25) is 0 Å². The average Bonchev–Trinajstić information content (AvgIpc) is 3.68. The van der Waals surface area contributed by atoms with Crippen molar-refractivity contribution in [2.45, 2.75) is 63.8 Å². The third kappa shape index (κ3) is 6.83. The summed E-state index contributed by atoms with van der Waals surface area (Å²) in [5.41, 5.74) is -0.763. The number of piperazine rings is 1. The van der Waals surface area contributed by atoms with Crippen LogP contribution in [-0.4, -0.2) is 136 Å². The van der Waals surface area contributed by atoms with Crippen LogP contribution >= 0.6 is 0 Å². The van der Waals surface area contributed by atoms with Gasteiger partial charge in [-0.1, -0.05) is 5.21 Å². The van der Waals surface area contributed by atoms with Gasteiger partial charge in [-0.15, -0.1) is 5.10 Å². The number of amides is 3. The number of carbonyl (C=O) groups excluding carboxylic acids is 3. The van der Waals surface area contributed by atoms with Crippen molar-refractivity contribution in [3.05, 3.63) is 41.2 Å². The van der Waals surface area contributed by atoms with Gasteiger partial charge in [0.15, 0.2) is 0 Å². The molecule has 4 aliphatic heterocycles. The summed E-state index contributed by atoms with van der Waals surface area (Å²) >= 11 is 0. The summed E-state index contributed by atoms with van der Waals surface area (Å²) in [6.07, 6.45) is -3.49. The molecular weight excluding hydrogens is 611 g/mol. The Hall–Kier alpha value is -3.76. The van der Waals surface area contributed by atoms with E-state index in [1.165, 1.54) is 15.6 Å². The fraction of sp³-hybridized carbons (Fsp3) is 0.633. The molecule has 3 amide bonds. The van der Waals surface area contributed by atoms with E-state index >= 15 is 0 Å². The first-order valence-electron chi connectivity index (χ1n) is 15.5. The molecule has 3 saturated heterocycles. The minimum atomic E-state index is -4.67. The zero-order chi connectivity index (χ0) is 32.6. The van der Waals surface area contributed by atoms with E-state index in [-0.39, 0.29) is 67.9 Å². The molecule has 13 nitrogen and oxygen atoms in total. The molecule has 3 fully saturated rings. The fourth-order valence-corrected chi connectivity index (χ4v) is 6.43. The first-order valence-corrected chi connectivity index (χ1v) is 15.5. The van der Waals surface area contributed by atoms with Crippen molar-refractivity contribution in [3.8, 4) is 5.75 Å². The van der Waals surface area contributed by atoms with E-state index < -0.39 is 29.8 Å². The molecule has 5 heterocycles. The minimum Gasteiger partial charge on any atom is -0.491 e. The van der Waals surface area contributed by atoms with Gasteiger partial charge in [-0.3, -0.25) is 19.3 Å². The maximum atomic E-state index is 14.0. The summed E-state index contributed by atoms with van der Waals surface area (Å²) in [5, 5.41) is 8.13. The maximum Gasteiger partial charge on any atom is 0.416 e. The fourth-order valence-electron chi connectivity index (χ4n) is 6.43. The predicted molar refractivity (Wildman–Crippen MR) is 155 cm³/mol. The SMILES string of the molecule is CC(C)N1CCN2C(=O)[C@@H]3C[C@@H](OCc4cn(CC(=O)N5CCOCC5)nn4)CN3C(=O)c3cc(C(F)(F)F)ccc3OC[C@@H]2C1. The molecule has 16 heteroatoms. The third-order valence-electron chi connectivity index (χ3n) is 9.02. The maximum absolute atomic E-state index is 14.0. The number of nitrogens with zero attached hydrogens (tertiary/aromatic N) is 7. The molecule has 0 spiro atoms. The molecular formula is C30H38F3N7O6. The lowest BCUT2D eigenvalue weighted by molar-refractivity contribution is -0.142. The molecule has 0 aliphatic carbocycles. The lowest BCUT2D eigenvalue weighted by atomic mass is 10.0. The molecule has 0 saturated carbocycles. The van der Waals surface area contributed by atoms with Gasteiger partial charge in [0.1, 0.15) is 30.6 Å². The molecule has 1 aromatic heterocycles. The Morgan fingerprint density at radius 1 is 1.09 bits per heavy atom. The number of halogens is 3. The Balaban J connectivity index is 1.20. The molecule has 4 aliphatic rings. The van der Waals surface area contributed by atoms with Crippen LogP contribution in [-0.2, 0) is 38.4 Å². The van der Waals surface area contributed by atoms with Crippen molar-refractivity contribution in [2.75, 3.05) is 59.1 Å².